The fourth-order valence-electron chi connectivity index (χ4n) is 2.19. The maximum absolute atomic E-state index is 12.2. The summed E-state index contributed by atoms with van der Waals surface area (Å²) in [4.78, 5) is 12.2. The molecule has 2 atom stereocenters. The minimum Gasteiger partial charge on any atom is -0.379 e. The first-order chi connectivity index (χ1) is 9.26. The molecule has 0 aromatic heterocycles. The number of hydrogen-bond acceptors (Lipinski definition) is 4. The molecule has 1 aromatic rings. The lowest BCUT2D eigenvalue weighted by molar-refractivity contribution is -0.120. The van der Waals surface area contributed by atoms with Gasteiger partial charge in [0.25, 0.3) is 0 Å². The third-order valence-corrected chi connectivity index (χ3v) is 3.19. The monoisotopic (exact) mass is 259 g/mol. The van der Waals surface area contributed by atoms with Crippen molar-refractivity contribution in [3.63, 3.8) is 0 Å². The highest BCUT2D eigenvalue weighted by atomic mass is 16.5. The van der Waals surface area contributed by atoms with E-state index in [1.165, 1.54) is 0 Å². The lowest BCUT2D eigenvalue weighted by Crippen LogP contribution is -2.41. The Labute approximate surface area is 112 Å². The SMILES string of the molecule is CCNC1COCC1C(=O)Nc1ccccc1C#N. The van der Waals surface area contributed by atoms with Crippen molar-refractivity contribution in [3.8, 4) is 6.07 Å². The van der Waals surface area contributed by atoms with Gasteiger partial charge in [0.2, 0.25) is 5.91 Å². The van der Waals surface area contributed by atoms with Crippen LogP contribution in [0.4, 0.5) is 5.69 Å². The van der Waals surface area contributed by atoms with Gasteiger partial charge < -0.3 is 15.4 Å². The molecule has 0 bridgehead atoms. The van der Waals surface area contributed by atoms with Gasteiger partial charge in [0, 0.05) is 6.04 Å². The van der Waals surface area contributed by atoms with Crippen molar-refractivity contribution >= 4 is 11.6 Å². The lowest BCUT2D eigenvalue weighted by atomic mass is 10.0. The van der Waals surface area contributed by atoms with E-state index in [9.17, 15) is 4.79 Å². The predicted molar refractivity (Wildman–Crippen MR) is 71.6 cm³/mol. The summed E-state index contributed by atoms with van der Waals surface area (Å²) >= 11 is 0. The molecule has 1 saturated heterocycles. The van der Waals surface area contributed by atoms with Gasteiger partial charge >= 0.3 is 0 Å². The predicted octanol–water partition coefficient (Wildman–Crippen LogP) is 1.12. The van der Waals surface area contributed by atoms with E-state index < -0.39 is 0 Å². The number of carbonyl (C=O) groups is 1. The summed E-state index contributed by atoms with van der Waals surface area (Å²) in [6, 6.07) is 9.09. The van der Waals surface area contributed by atoms with Gasteiger partial charge in [0.15, 0.2) is 0 Å². The Morgan fingerprint density at radius 3 is 3.00 bits per heavy atom. The Balaban J connectivity index is 2.07. The van der Waals surface area contributed by atoms with Crippen LogP contribution in [0.15, 0.2) is 24.3 Å². The Kier molecular flexibility index (Phi) is 4.50. The highest BCUT2D eigenvalue weighted by Crippen LogP contribution is 2.19. The highest BCUT2D eigenvalue weighted by molar-refractivity contribution is 5.94. The summed E-state index contributed by atoms with van der Waals surface area (Å²) in [5.74, 6) is -0.321. The van der Waals surface area contributed by atoms with Crippen LogP contribution in [0.1, 0.15) is 12.5 Å². The average Bonchev–Trinajstić information content (AvgIpc) is 2.88. The summed E-state index contributed by atoms with van der Waals surface area (Å²) in [5.41, 5.74) is 1.02. The van der Waals surface area contributed by atoms with Crippen molar-refractivity contribution in [2.75, 3.05) is 25.1 Å². The Bertz CT molecular complexity index is 496. The van der Waals surface area contributed by atoms with Crippen LogP contribution in [0.2, 0.25) is 0 Å². The molecule has 2 N–H and O–H groups in total. The van der Waals surface area contributed by atoms with Crippen LogP contribution in [0.25, 0.3) is 0 Å². The second-order valence-electron chi connectivity index (χ2n) is 4.45. The molecular formula is C14H17N3O2. The van der Waals surface area contributed by atoms with Crippen molar-refractivity contribution in [1.29, 1.82) is 5.26 Å². The molecule has 1 aromatic carbocycles. The molecule has 1 aliphatic rings. The normalized spacial score (nSPS) is 21.9. The summed E-state index contributed by atoms with van der Waals surface area (Å²) in [6.07, 6.45) is 0. The van der Waals surface area contributed by atoms with E-state index >= 15 is 0 Å². The van der Waals surface area contributed by atoms with Crippen molar-refractivity contribution in [2.45, 2.75) is 13.0 Å². The quantitative estimate of drug-likeness (QED) is 0.849. The van der Waals surface area contributed by atoms with Crippen molar-refractivity contribution < 1.29 is 9.53 Å². The van der Waals surface area contributed by atoms with Gasteiger partial charge in [-0.05, 0) is 18.7 Å². The zero-order valence-electron chi connectivity index (χ0n) is 10.8. The molecule has 0 spiro atoms. The third-order valence-electron chi connectivity index (χ3n) is 3.19. The van der Waals surface area contributed by atoms with Crippen LogP contribution < -0.4 is 10.6 Å². The number of nitrogens with zero attached hydrogens (tertiary/aromatic N) is 1. The molecule has 5 heteroatoms. The second kappa shape index (κ2) is 6.32. The van der Waals surface area contributed by atoms with Gasteiger partial charge in [0.1, 0.15) is 6.07 Å². The van der Waals surface area contributed by atoms with E-state index in [0.29, 0.717) is 24.5 Å². The molecule has 2 unspecified atom stereocenters. The number of nitriles is 1. The van der Waals surface area contributed by atoms with Crippen LogP contribution in [0.5, 0.6) is 0 Å². The molecule has 19 heavy (non-hydrogen) atoms. The third kappa shape index (κ3) is 3.11. The summed E-state index contributed by atoms with van der Waals surface area (Å²) < 4.78 is 5.35. The molecule has 1 aliphatic heterocycles. The molecule has 0 radical (unpaired) electrons. The van der Waals surface area contributed by atoms with E-state index in [-0.39, 0.29) is 17.9 Å². The highest BCUT2D eigenvalue weighted by Gasteiger charge is 2.33. The number of anilines is 1. The van der Waals surface area contributed by atoms with Crippen LogP contribution in [0, 0.1) is 17.2 Å². The van der Waals surface area contributed by atoms with Crippen LogP contribution in [-0.2, 0) is 9.53 Å². The molecule has 2 rings (SSSR count). The van der Waals surface area contributed by atoms with Gasteiger partial charge in [-0.2, -0.15) is 5.26 Å². The fraction of sp³-hybridized carbons (Fsp3) is 0.429. The van der Waals surface area contributed by atoms with Gasteiger partial charge in [-0.3, -0.25) is 4.79 Å². The number of carbonyl (C=O) groups excluding carboxylic acids is 1. The summed E-state index contributed by atoms with van der Waals surface area (Å²) in [5, 5.41) is 15.0. The fourth-order valence-corrected chi connectivity index (χ4v) is 2.19. The van der Waals surface area contributed by atoms with E-state index in [4.69, 9.17) is 10.00 Å². The molecule has 0 saturated carbocycles. The minimum absolute atomic E-state index is 0.0410. The smallest absolute Gasteiger partial charge is 0.231 e. The Morgan fingerprint density at radius 2 is 2.26 bits per heavy atom. The van der Waals surface area contributed by atoms with E-state index in [1.807, 2.05) is 6.92 Å². The zero-order chi connectivity index (χ0) is 13.7. The van der Waals surface area contributed by atoms with Gasteiger partial charge in [0.05, 0.1) is 30.4 Å². The van der Waals surface area contributed by atoms with Crippen LogP contribution in [-0.4, -0.2) is 31.7 Å². The average molecular weight is 259 g/mol. The molecule has 0 aliphatic carbocycles. The van der Waals surface area contributed by atoms with Gasteiger partial charge in [-0.15, -0.1) is 0 Å². The Morgan fingerprint density at radius 1 is 1.47 bits per heavy atom. The second-order valence-corrected chi connectivity index (χ2v) is 4.45. The first-order valence-electron chi connectivity index (χ1n) is 6.37. The summed E-state index contributed by atoms with van der Waals surface area (Å²) in [7, 11) is 0. The first kappa shape index (κ1) is 13.5. The van der Waals surface area contributed by atoms with E-state index in [0.717, 1.165) is 6.54 Å². The number of hydrogen-bond donors (Lipinski definition) is 2. The van der Waals surface area contributed by atoms with Crippen LogP contribution in [0.3, 0.4) is 0 Å². The molecule has 1 amide bonds. The number of nitrogens with one attached hydrogen (secondary N) is 2. The van der Waals surface area contributed by atoms with E-state index in [2.05, 4.69) is 16.7 Å². The van der Waals surface area contributed by atoms with Crippen molar-refractivity contribution in [2.24, 2.45) is 5.92 Å². The standard InChI is InChI=1S/C14H17N3O2/c1-2-16-13-9-19-8-11(13)14(18)17-12-6-4-3-5-10(12)7-15/h3-6,11,13,16H,2,8-9H2,1H3,(H,17,18). The lowest BCUT2D eigenvalue weighted by Gasteiger charge is -2.18. The minimum atomic E-state index is -0.216. The number of benzene rings is 1. The van der Waals surface area contributed by atoms with Gasteiger partial charge in [-0.1, -0.05) is 19.1 Å². The molecule has 100 valence electrons. The Hall–Kier alpha value is -1.90. The molecule has 1 heterocycles. The molecular weight excluding hydrogens is 242 g/mol. The van der Waals surface area contributed by atoms with Gasteiger partial charge in [-0.25, -0.2) is 0 Å². The number of ether oxygens (including phenoxy) is 1. The largest absolute Gasteiger partial charge is 0.379 e. The number of para-hydroxylation sites is 1. The zero-order valence-corrected chi connectivity index (χ0v) is 10.8. The number of amides is 1. The van der Waals surface area contributed by atoms with Crippen LogP contribution >= 0.6 is 0 Å². The number of likely N-dealkylation sites (N-methyl/N-ethyl adjacent to an activating group) is 1. The molecule has 1 fully saturated rings. The summed E-state index contributed by atoms with van der Waals surface area (Å²) in [6.45, 7) is 3.76. The maximum Gasteiger partial charge on any atom is 0.231 e. The molecule has 5 nitrogen and oxygen atoms in total. The maximum atomic E-state index is 12.2. The topological polar surface area (TPSA) is 74.2 Å². The first-order valence-corrected chi connectivity index (χ1v) is 6.37. The van der Waals surface area contributed by atoms with Crippen molar-refractivity contribution in [3.05, 3.63) is 29.8 Å². The number of rotatable bonds is 4. The van der Waals surface area contributed by atoms with Crippen molar-refractivity contribution in [1.82, 2.24) is 5.32 Å². The van der Waals surface area contributed by atoms with E-state index in [1.54, 1.807) is 24.3 Å².